The monoisotopic (exact) mass is 314 g/mol. The van der Waals surface area contributed by atoms with Gasteiger partial charge in [0.25, 0.3) is 0 Å². The number of imidazole rings is 1. The summed E-state index contributed by atoms with van der Waals surface area (Å²) in [5, 5.41) is 0.108. The van der Waals surface area contributed by atoms with Crippen molar-refractivity contribution in [3.8, 4) is 0 Å². The van der Waals surface area contributed by atoms with Crippen LogP contribution in [0.5, 0.6) is 0 Å². The second-order valence-electron chi connectivity index (χ2n) is 5.14. The summed E-state index contributed by atoms with van der Waals surface area (Å²) in [5.74, 6) is -0.440. The third-order valence-electron chi connectivity index (χ3n) is 3.79. The van der Waals surface area contributed by atoms with E-state index in [1.807, 2.05) is 4.57 Å². The zero-order chi connectivity index (χ0) is 14.1. The van der Waals surface area contributed by atoms with Crippen molar-refractivity contribution in [2.75, 3.05) is 6.61 Å². The Labute approximate surface area is 126 Å². The molecule has 0 radical (unpaired) electrons. The zero-order valence-corrected chi connectivity index (χ0v) is 12.6. The van der Waals surface area contributed by atoms with Crippen molar-refractivity contribution in [3.05, 3.63) is 27.7 Å². The van der Waals surface area contributed by atoms with Crippen molar-refractivity contribution in [2.45, 2.75) is 38.3 Å². The lowest BCUT2D eigenvalue weighted by Crippen LogP contribution is -2.13. The van der Waals surface area contributed by atoms with Gasteiger partial charge < -0.3 is 14.3 Å². The topological polar surface area (TPSA) is 29.9 Å². The Morgan fingerprint density at radius 2 is 2.15 bits per heavy atom. The van der Waals surface area contributed by atoms with Crippen LogP contribution in [0.3, 0.4) is 0 Å². The minimum absolute atomic E-state index is 0.108. The molecule has 1 fully saturated rings. The maximum absolute atomic E-state index is 13.4. The lowest BCUT2D eigenvalue weighted by molar-refractivity contribution is 0.0533. The highest BCUT2D eigenvalue weighted by Crippen LogP contribution is 2.24. The molecular weight excluding hydrogens is 299 g/mol. The summed E-state index contributed by atoms with van der Waals surface area (Å²) >= 11 is 11.1. The minimum Gasteiger partial charge on any atom is -0.376 e. The van der Waals surface area contributed by atoms with Crippen molar-refractivity contribution in [1.29, 1.82) is 0 Å². The quantitative estimate of drug-likeness (QED) is 0.845. The molecule has 3 rings (SSSR count). The summed E-state index contributed by atoms with van der Waals surface area (Å²) in [7, 11) is 0. The van der Waals surface area contributed by atoms with E-state index in [0.29, 0.717) is 29.5 Å². The molecule has 1 N–H and O–H groups in total. The van der Waals surface area contributed by atoms with Crippen LogP contribution in [0.1, 0.15) is 25.7 Å². The number of nitrogens with one attached hydrogen (secondary N) is 1. The molecule has 0 bridgehead atoms. The van der Waals surface area contributed by atoms with E-state index in [4.69, 9.17) is 28.6 Å². The number of aromatic nitrogens is 2. The van der Waals surface area contributed by atoms with Gasteiger partial charge in [0, 0.05) is 12.6 Å². The van der Waals surface area contributed by atoms with Gasteiger partial charge >= 0.3 is 0 Å². The van der Waals surface area contributed by atoms with E-state index in [1.165, 1.54) is 18.9 Å². The average Bonchev–Trinajstić information content (AvgIpc) is 3.01. The van der Waals surface area contributed by atoms with Crippen LogP contribution < -0.4 is 0 Å². The summed E-state index contributed by atoms with van der Waals surface area (Å²) in [6.07, 6.45) is 5.19. The van der Waals surface area contributed by atoms with Gasteiger partial charge in [-0.1, -0.05) is 24.4 Å². The molecule has 0 saturated heterocycles. The maximum atomic E-state index is 13.4. The van der Waals surface area contributed by atoms with Gasteiger partial charge in [0.15, 0.2) is 4.77 Å². The first kappa shape index (κ1) is 14.0. The van der Waals surface area contributed by atoms with Crippen LogP contribution >= 0.6 is 23.8 Å². The Kier molecular flexibility index (Phi) is 4.10. The van der Waals surface area contributed by atoms with Gasteiger partial charge in [-0.2, -0.15) is 0 Å². The lowest BCUT2D eigenvalue weighted by atomic mass is 10.3. The van der Waals surface area contributed by atoms with Gasteiger partial charge in [-0.15, -0.1) is 0 Å². The van der Waals surface area contributed by atoms with Crippen LogP contribution in [0.4, 0.5) is 4.39 Å². The second-order valence-corrected chi connectivity index (χ2v) is 5.94. The molecule has 0 amide bonds. The Balaban J connectivity index is 1.78. The first-order valence-corrected chi connectivity index (χ1v) is 7.63. The van der Waals surface area contributed by atoms with E-state index < -0.39 is 5.82 Å². The van der Waals surface area contributed by atoms with Crippen molar-refractivity contribution in [1.82, 2.24) is 9.55 Å². The first-order chi connectivity index (χ1) is 9.65. The van der Waals surface area contributed by atoms with Gasteiger partial charge in [0.1, 0.15) is 5.82 Å². The van der Waals surface area contributed by atoms with Crippen molar-refractivity contribution in [3.63, 3.8) is 0 Å². The van der Waals surface area contributed by atoms with Crippen molar-refractivity contribution >= 4 is 34.9 Å². The fourth-order valence-electron chi connectivity index (χ4n) is 2.74. The predicted octanol–water partition coefficient (Wildman–Crippen LogP) is 4.45. The molecule has 1 heterocycles. The number of ether oxygens (including phenoxy) is 1. The Morgan fingerprint density at radius 1 is 1.40 bits per heavy atom. The number of aromatic amines is 1. The van der Waals surface area contributed by atoms with Gasteiger partial charge in [0.2, 0.25) is 0 Å². The SMILES string of the molecule is Fc1cc2[nH]c(=S)n(CCOC3CCCC3)c2cc1Cl. The van der Waals surface area contributed by atoms with Crippen LogP contribution in [0.2, 0.25) is 5.02 Å². The molecule has 6 heteroatoms. The minimum atomic E-state index is -0.440. The molecule has 1 saturated carbocycles. The number of hydrogen-bond donors (Lipinski definition) is 1. The highest BCUT2D eigenvalue weighted by atomic mass is 35.5. The van der Waals surface area contributed by atoms with Gasteiger partial charge in [-0.25, -0.2) is 4.39 Å². The number of nitrogens with zero attached hydrogens (tertiary/aromatic N) is 1. The van der Waals surface area contributed by atoms with E-state index in [2.05, 4.69) is 4.98 Å². The molecule has 1 aliphatic rings. The summed E-state index contributed by atoms with van der Waals surface area (Å²) in [6, 6.07) is 2.98. The fourth-order valence-corrected chi connectivity index (χ4v) is 3.20. The van der Waals surface area contributed by atoms with Crippen LogP contribution in [0.25, 0.3) is 11.0 Å². The highest BCUT2D eigenvalue weighted by Gasteiger charge is 2.15. The highest BCUT2D eigenvalue weighted by molar-refractivity contribution is 7.71. The normalized spacial score (nSPS) is 16.3. The Morgan fingerprint density at radius 3 is 2.90 bits per heavy atom. The van der Waals surface area contributed by atoms with Crippen LogP contribution in [-0.4, -0.2) is 22.3 Å². The van der Waals surface area contributed by atoms with Crippen LogP contribution in [-0.2, 0) is 11.3 Å². The number of H-pyrrole nitrogens is 1. The molecule has 0 unspecified atom stereocenters. The van der Waals surface area contributed by atoms with E-state index in [0.717, 1.165) is 18.4 Å². The number of rotatable bonds is 4. The number of benzene rings is 1. The summed E-state index contributed by atoms with van der Waals surface area (Å²) in [6.45, 7) is 1.26. The van der Waals surface area contributed by atoms with Gasteiger partial charge in [-0.05, 0) is 31.1 Å². The summed E-state index contributed by atoms with van der Waals surface area (Å²) < 4.78 is 21.7. The smallest absolute Gasteiger partial charge is 0.178 e. The molecule has 0 atom stereocenters. The van der Waals surface area contributed by atoms with E-state index in [1.54, 1.807) is 6.07 Å². The van der Waals surface area contributed by atoms with E-state index in [-0.39, 0.29) is 5.02 Å². The molecule has 2 aromatic rings. The third-order valence-corrected chi connectivity index (χ3v) is 4.40. The first-order valence-electron chi connectivity index (χ1n) is 6.84. The van der Waals surface area contributed by atoms with Gasteiger partial charge in [0.05, 0.1) is 28.8 Å². The number of halogens is 2. The lowest BCUT2D eigenvalue weighted by Gasteiger charge is -2.11. The van der Waals surface area contributed by atoms with E-state index in [9.17, 15) is 4.39 Å². The van der Waals surface area contributed by atoms with Crippen molar-refractivity contribution in [2.24, 2.45) is 0 Å². The molecule has 0 aliphatic heterocycles. The Bertz CT molecular complexity index is 676. The predicted molar refractivity (Wildman–Crippen MR) is 80.3 cm³/mol. The standard InChI is InChI=1S/C14H16ClFN2OS/c15-10-7-13-12(8-11(10)16)17-14(20)18(13)5-6-19-9-3-1-2-4-9/h7-9H,1-6H2,(H,17,20). The molecule has 1 aromatic heterocycles. The molecule has 108 valence electrons. The van der Waals surface area contributed by atoms with E-state index >= 15 is 0 Å². The third kappa shape index (κ3) is 2.75. The van der Waals surface area contributed by atoms with Crippen LogP contribution in [0, 0.1) is 10.6 Å². The molecule has 1 aromatic carbocycles. The summed E-state index contributed by atoms with van der Waals surface area (Å²) in [5.41, 5.74) is 1.48. The molecule has 0 spiro atoms. The fraction of sp³-hybridized carbons (Fsp3) is 0.500. The largest absolute Gasteiger partial charge is 0.376 e. The van der Waals surface area contributed by atoms with Gasteiger partial charge in [-0.3, -0.25) is 0 Å². The average molecular weight is 315 g/mol. The molecular formula is C14H16ClFN2OS. The maximum Gasteiger partial charge on any atom is 0.178 e. The molecule has 1 aliphatic carbocycles. The molecule has 20 heavy (non-hydrogen) atoms. The van der Waals surface area contributed by atoms with Crippen LogP contribution in [0.15, 0.2) is 12.1 Å². The summed E-state index contributed by atoms with van der Waals surface area (Å²) in [4.78, 5) is 3.00. The number of fused-ring (bicyclic) bond motifs is 1. The number of hydrogen-bond acceptors (Lipinski definition) is 2. The second kappa shape index (κ2) is 5.84. The molecule has 3 nitrogen and oxygen atoms in total. The van der Waals surface area contributed by atoms with Crippen molar-refractivity contribution < 1.29 is 9.13 Å². The Hall–Kier alpha value is -0.910. The zero-order valence-electron chi connectivity index (χ0n) is 11.0.